The third-order valence-corrected chi connectivity index (χ3v) is 12.2. The number of sulfone groups is 1. The molecule has 0 radical (unpaired) electrons. The minimum absolute atomic E-state index is 0.0997. The van der Waals surface area contributed by atoms with Gasteiger partial charge in [-0.3, -0.25) is 0 Å². The van der Waals surface area contributed by atoms with E-state index < -0.39 is 21.4 Å². The topological polar surface area (TPSA) is 108 Å². The van der Waals surface area contributed by atoms with E-state index in [9.17, 15) is 8.42 Å². The average molecular weight is 727 g/mol. The van der Waals surface area contributed by atoms with Crippen LogP contribution in [0.15, 0.2) is 71.6 Å². The molecular weight excluding hydrogens is 677 g/mol. The number of anilines is 1. The molecule has 1 N–H and O–H groups in total. The minimum Gasteiger partial charge on any atom is -0.490 e. The fourth-order valence-electron chi connectivity index (χ4n) is 6.56. The molecule has 0 aromatic heterocycles. The minimum atomic E-state index is -4.00. The van der Waals surface area contributed by atoms with Crippen molar-refractivity contribution >= 4 is 27.3 Å². The Bertz CT molecular complexity index is 1620. The van der Waals surface area contributed by atoms with E-state index in [2.05, 4.69) is 34.5 Å². The summed E-state index contributed by atoms with van der Waals surface area (Å²) in [6.07, 6.45) is 0.194. The number of nitrogens with one attached hydrogen (secondary N) is 1. The van der Waals surface area contributed by atoms with E-state index in [4.69, 9.17) is 28.4 Å². The van der Waals surface area contributed by atoms with Gasteiger partial charge in [-0.2, -0.15) is 11.8 Å². The number of nitrogens with zero attached hydrogens (tertiary/aromatic N) is 1. The molecule has 2 fully saturated rings. The Morgan fingerprint density at radius 3 is 2.48 bits per heavy atom. The molecule has 0 saturated carbocycles. The zero-order valence-corrected chi connectivity index (χ0v) is 30.9. The molecule has 10 nitrogen and oxygen atoms in total. The van der Waals surface area contributed by atoms with Crippen LogP contribution in [0.25, 0.3) is 0 Å². The van der Waals surface area contributed by atoms with Gasteiger partial charge in [0.1, 0.15) is 18.5 Å². The standard InChI is InChI=1S/C38H50N2O8S2/c1-27-5-12-32(13-6-27)50(41,42)38(30-11-14-34-33(21-30)40(16-18-45-34)15-4-17-43-2)48-36-23-39-22-35(47-25-31-24-46-31)37(36)29-9-7-28(8-10-29)26-49-20-19-44-3/h5-14,21,31,35-39H,4,15-20,22-26H2,1-3H3/t31-,35-,36+,37-,38?/m1/s1. The number of fused-ring (bicyclic) bond motifs is 1. The number of hydrogen-bond donors (Lipinski definition) is 1. The molecule has 50 heavy (non-hydrogen) atoms. The van der Waals surface area contributed by atoms with Gasteiger partial charge >= 0.3 is 0 Å². The zero-order valence-electron chi connectivity index (χ0n) is 29.3. The van der Waals surface area contributed by atoms with Gasteiger partial charge in [-0.15, -0.1) is 0 Å². The van der Waals surface area contributed by atoms with Crippen molar-refractivity contribution < 1.29 is 36.8 Å². The van der Waals surface area contributed by atoms with E-state index in [0.29, 0.717) is 51.6 Å². The number of aryl methyl sites for hydroxylation is 1. The highest BCUT2D eigenvalue weighted by Crippen LogP contribution is 2.41. The molecule has 6 rings (SSSR count). The molecule has 0 bridgehead atoms. The normalized spacial score (nSPS) is 22.5. The van der Waals surface area contributed by atoms with Crippen molar-refractivity contribution in [1.82, 2.24) is 5.32 Å². The first-order valence-electron chi connectivity index (χ1n) is 17.4. The Balaban J connectivity index is 1.34. The van der Waals surface area contributed by atoms with E-state index in [0.717, 1.165) is 53.6 Å². The first-order valence-corrected chi connectivity index (χ1v) is 20.1. The summed E-state index contributed by atoms with van der Waals surface area (Å²) >= 11 is 1.83. The van der Waals surface area contributed by atoms with Gasteiger partial charge in [0.2, 0.25) is 9.84 Å². The third-order valence-electron chi connectivity index (χ3n) is 9.38. The third kappa shape index (κ3) is 9.40. The van der Waals surface area contributed by atoms with Crippen LogP contribution in [0.2, 0.25) is 0 Å². The maximum Gasteiger partial charge on any atom is 0.209 e. The van der Waals surface area contributed by atoms with Crippen molar-refractivity contribution in [2.75, 3.05) is 84.1 Å². The Labute approximate surface area is 301 Å². The Morgan fingerprint density at radius 1 is 0.980 bits per heavy atom. The second kappa shape index (κ2) is 17.7. The SMILES string of the molecule is COCCCN1CCOc2ccc(C(O[C@H]3CNC[C@@H](OC[C@H]4CO4)[C@H]3c3ccc(CSCCOC)cc3)S(=O)(=O)c3ccc(C)cc3)cc21. The molecule has 272 valence electrons. The molecule has 0 spiro atoms. The maximum atomic E-state index is 14.7. The molecular formula is C38H50N2O8S2. The predicted octanol–water partition coefficient (Wildman–Crippen LogP) is 5.14. The molecule has 3 aromatic carbocycles. The molecule has 3 aliphatic heterocycles. The predicted molar refractivity (Wildman–Crippen MR) is 196 cm³/mol. The van der Waals surface area contributed by atoms with E-state index in [-0.39, 0.29) is 23.0 Å². The molecule has 3 heterocycles. The summed E-state index contributed by atoms with van der Waals surface area (Å²) in [6.45, 7) is 7.61. The zero-order chi connectivity index (χ0) is 34.9. The molecule has 0 aliphatic carbocycles. The van der Waals surface area contributed by atoms with Crippen molar-refractivity contribution in [2.45, 2.75) is 53.7 Å². The van der Waals surface area contributed by atoms with E-state index in [1.54, 1.807) is 26.4 Å². The molecule has 0 amide bonds. The Morgan fingerprint density at radius 2 is 1.74 bits per heavy atom. The molecule has 5 atom stereocenters. The summed E-state index contributed by atoms with van der Waals surface area (Å²) in [6, 6.07) is 21.2. The Kier molecular flexibility index (Phi) is 13.1. The highest BCUT2D eigenvalue weighted by molar-refractivity contribution is 7.98. The number of ether oxygens (including phenoxy) is 6. The van der Waals surface area contributed by atoms with Gasteiger partial charge in [-0.25, -0.2) is 8.42 Å². The fourth-order valence-corrected chi connectivity index (χ4v) is 8.97. The van der Waals surface area contributed by atoms with Crippen LogP contribution in [-0.4, -0.2) is 106 Å². The molecule has 12 heteroatoms. The lowest BCUT2D eigenvalue weighted by atomic mass is 9.85. The van der Waals surface area contributed by atoms with Crippen molar-refractivity contribution in [1.29, 1.82) is 0 Å². The van der Waals surface area contributed by atoms with Crippen molar-refractivity contribution in [3.8, 4) is 5.75 Å². The summed E-state index contributed by atoms with van der Waals surface area (Å²) in [5, 5.41) is 3.48. The van der Waals surface area contributed by atoms with Crippen LogP contribution < -0.4 is 15.0 Å². The number of thioether (sulfide) groups is 1. The monoisotopic (exact) mass is 726 g/mol. The van der Waals surface area contributed by atoms with Gasteiger partial charge in [0.15, 0.2) is 5.44 Å². The lowest BCUT2D eigenvalue weighted by Gasteiger charge is -2.40. The van der Waals surface area contributed by atoms with Crippen LogP contribution in [0.3, 0.4) is 0 Å². The number of methoxy groups -OCH3 is 2. The quantitative estimate of drug-likeness (QED) is 0.139. The molecule has 3 aromatic rings. The summed E-state index contributed by atoms with van der Waals surface area (Å²) < 4.78 is 64.7. The second-order valence-electron chi connectivity index (χ2n) is 13.1. The first-order chi connectivity index (χ1) is 24.4. The lowest BCUT2D eigenvalue weighted by molar-refractivity contribution is -0.0664. The van der Waals surface area contributed by atoms with Gasteiger partial charge in [0.25, 0.3) is 0 Å². The van der Waals surface area contributed by atoms with Crippen LogP contribution in [0.4, 0.5) is 5.69 Å². The van der Waals surface area contributed by atoms with Gasteiger partial charge in [-0.1, -0.05) is 48.0 Å². The fraction of sp³-hybridized carbons (Fsp3) is 0.526. The van der Waals surface area contributed by atoms with E-state index in [1.807, 2.05) is 49.0 Å². The van der Waals surface area contributed by atoms with Gasteiger partial charge in [-0.05, 0) is 54.3 Å². The lowest BCUT2D eigenvalue weighted by Crippen LogP contribution is -2.51. The van der Waals surface area contributed by atoms with E-state index in [1.165, 1.54) is 5.56 Å². The van der Waals surface area contributed by atoms with Crippen molar-refractivity contribution in [2.24, 2.45) is 0 Å². The number of piperidine rings is 1. The van der Waals surface area contributed by atoms with Crippen LogP contribution in [-0.2, 0) is 39.3 Å². The first kappa shape index (κ1) is 37.1. The van der Waals surface area contributed by atoms with Crippen molar-refractivity contribution in [3.05, 3.63) is 89.0 Å². The number of benzene rings is 3. The Hall–Kier alpha value is -2.68. The van der Waals surface area contributed by atoms with Gasteiger partial charge in [0.05, 0.1) is 49.2 Å². The van der Waals surface area contributed by atoms with E-state index >= 15 is 0 Å². The molecule has 1 unspecified atom stereocenters. The highest BCUT2D eigenvalue weighted by atomic mass is 32.2. The van der Waals surface area contributed by atoms with Gasteiger partial charge in [0, 0.05) is 57.9 Å². The largest absolute Gasteiger partial charge is 0.490 e. The van der Waals surface area contributed by atoms with Crippen LogP contribution in [0.5, 0.6) is 5.75 Å². The number of hydrogen-bond acceptors (Lipinski definition) is 11. The van der Waals surface area contributed by atoms with Crippen molar-refractivity contribution in [3.63, 3.8) is 0 Å². The summed E-state index contributed by atoms with van der Waals surface area (Å²) in [7, 11) is -0.582. The molecule has 3 aliphatic rings. The number of epoxide rings is 1. The summed E-state index contributed by atoms with van der Waals surface area (Å²) in [5.41, 5.74) is 3.41. The maximum absolute atomic E-state index is 14.7. The van der Waals surface area contributed by atoms with Crippen LogP contribution >= 0.6 is 11.8 Å². The van der Waals surface area contributed by atoms with Gasteiger partial charge < -0.3 is 38.6 Å². The second-order valence-corrected chi connectivity index (χ2v) is 16.2. The summed E-state index contributed by atoms with van der Waals surface area (Å²) in [5.74, 6) is 2.33. The summed E-state index contributed by atoms with van der Waals surface area (Å²) in [4.78, 5) is 2.45. The average Bonchev–Trinajstić information content (AvgIpc) is 3.97. The molecule has 2 saturated heterocycles. The van der Waals surface area contributed by atoms with Crippen LogP contribution in [0, 0.1) is 6.92 Å². The number of rotatable bonds is 18. The smallest absolute Gasteiger partial charge is 0.209 e. The van der Waals surface area contributed by atoms with Crippen LogP contribution in [0.1, 0.15) is 40.0 Å². The highest BCUT2D eigenvalue weighted by Gasteiger charge is 2.42.